The summed E-state index contributed by atoms with van der Waals surface area (Å²) in [6.07, 6.45) is 4.43. The minimum Gasteiger partial charge on any atom is -0.497 e. The van der Waals surface area contributed by atoms with Gasteiger partial charge in [-0.2, -0.15) is 0 Å². The minimum absolute atomic E-state index is 0.104. The Hall–Kier alpha value is -1.81. The van der Waals surface area contributed by atoms with E-state index in [0.29, 0.717) is 13.0 Å². The molecular formula is C16H22N2O2. The largest absolute Gasteiger partial charge is 0.497 e. The van der Waals surface area contributed by atoms with Gasteiger partial charge in [-0.3, -0.25) is 4.79 Å². The zero-order valence-corrected chi connectivity index (χ0v) is 11.9. The maximum absolute atomic E-state index is 11.8. The molecule has 0 saturated heterocycles. The first-order chi connectivity index (χ1) is 9.78. The Morgan fingerprint density at radius 1 is 1.45 bits per heavy atom. The van der Waals surface area contributed by atoms with Crippen molar-refractivity contribution in [3.8, 4) is 5.75 Å². The van der Waals surface area contributed by atoms with E-state index in [9.17, 15) is 4.79 Å². The normalized spacial score (nSPS) is 14.6. The lowest BCUT2D eigenvalue weighted by molar-refractivity contribution is -0.120. The summed E-state index contributed by atoms with van der Waals surface area (Å²) in [7, 11) is 1.65. The van der Waals surface area contributed by atoms with E-state index in [1.165, 1.54) is 5.57 Å². The molecule has 1 heterocycles. The number of carbonyl (C=O) groups excluding carboxylic acids is 1. The minimum atomic E-state index is 0.104. The van der Waals surface area contributed by atoms with Gasteiger partial charge in [0.15, 0.2) is 0 Å². The Bertz CT molecular complexity index is 483. The van der Waals surface area contributed by atoms with Gasteiger partial charge in [-0.05, 0) is 37.1 Å². The number of ether oxygens (including phenoxy) is 1. The van der Waals surface area contributed by atoms with E-state index in [1.807, 2.05) is 24.3 Å². The Balaban J connectivity index is 1.72. The Kier molecular flexibility index (Phi) is 5.62. The van der Waals surface area contributed by atoms with Crippen LogP contribution >= 0.6 is 0 Å². The molecule has 1 aliphatic heterocycles. The van der Waals surface area contributed by atoms with Gasteiger partial charge in [0.05, 0.1) is 7.11 Å². The smallest absolute Gasteiger partial charge is 0.220 e. The second-order valence-corrected chi connectivity index (χ2v) is 4.94. The van der Waals surface area contributed by atoms with E-state index in [2.05, 4.69) is 16.7 Å². The molecule has 0 saturated carbocycles. The molecule has 0 fully saturated rings. The van der Waals surface area contributed by atoms with Crippen LogP contribution in [0.2, 0.25) is 0 Å². The van der Waals surface area contributed by atoms with E-state index in [1.54, 1.807) is 7.11 Å². The highest BCUT2D eigenvalue weighted by Crippen LogP contribution is 2.13. The third-order valence-corrected chi connectivity index (χ3v) is 3.45. The maximum atomic E-state index is 11.8. The molecule has 0 atom stereocenters. The third-order valence-electron chi connectivity index (χ3n) is 3.45. The summed E-state index contributed by atoms with van der Waals surface area (Å²) in [4.78, 5) is 11.8. The molecule has 108 valence electrons. The lowest BCUT2D eigenvalue weighted by Crippen LogP contribution is -2.29. The van der Waals surface area contributed by atoms with Crippen LogP contribution in [0.25, 0.3) is 0 Å². The SMILES string of the molecule is COc1cccc(CCC(=O)NCC2=CCNCC2)c1. The summed E-state index contributed by atoms with van der Waals surface area (Å²) in [5.74, 6) is 0.940. The summed E-state index contributed by atoms with van der Waals surface area (Å²) < 4.78 is 5.17. The highest BCUT2D eigenvalue weighted by molar-refractivity contribution is 5.76. The summed E-state index contributed by atoms with van der Waals surface area (Å²) in [6, 6.07) is 7.85. The highest BCUT2D eigenvalue weighted by atomic mass is 16.5. The maximum Gasteiger partial charge on any atom is 0.220 e. The molecule has 2 N–H and O–H groups in total. The molecule has 1 aromatic carbocycles. The number of nitrogens with one attached hydrogen (secondary N) is 2. The summed E-state index contributed by atoms with van der Waals surface area (Å²) in [6.45, 7) is 2.60. The van der Waals surface area contributed by atoms with Gasteiger partial charge < -0.3 is 15.4 Å². The molecule has 1 aromatic rings. The molecule has 0 spiro atoms. The van der Waals surface area contributed by atoms with Gasteiger partial charge in [0.25, 0.3) is 0 Å². The van der Waals surface area contributed by atoms with E-state index in [4.69, 9.17) is 4.74 Å². The van der Waals surface area contributed by atoms with Gasteiger partial charge in [-0.1, -0.05) is 23.8 Å². The van der Waals surface area contributed by atoms with Crippen LogP contribution in [0.15, 0.2) is 35.9 Å². The van der Waals surface area contributed by atoms with E-state index >= 15 is 0 Å². The molecule has 0 bridgehead atoms. The molecule has 1 amide bonds. The van der Waals surface area contributed by atoms with Crippen molar-refractivity contribution in [1.82, 2.24) is 10.6 Å². The lowest BCUT2D eigenvalue weighted by atomic mass is 10.1. The summed E-state index contributed by atoms with van der Waals surface area (Å²) in [5.41, 5.74) is 2.44. The molecule has 4 nitrogen and oxygen atoms in total. The zero-order chi connectivity index (χ0) is 14.2. The van der Waals surface area contributed by atoms with E-state index < -0.39 is 0 Å². The van der Waals surface area contributed by atoms with E-state index in [0.717, 1.165) is 37.2 Å². The average molecular weight is 274 g/mol. The van der Waals surface area contributed by atoms with Crippen molar-refractivity contribution in [1.29, 1.82) is 0 Å². The number of carbonyl (C=O) groups is 1. The first-order valence-electron chi connectivity index (χ1n) is 7.06. The number of amides is 1. The van der Waals surface area contributed by atoms with Gasteiger partial charge in [0.1, 0.15) is 5.75 Å². The first kappa shape index (κ1) is 14.6. The predicted molar refractivity (Wildman–Crippen MR) is 79.9 cm³/mol. The molecule has 20 heavy (non-hydrogen) atoms. The summed E-state index contributed by atoms with van der Waals surface area (Å²) >= 11 is 0. The van der Waals surface area contributed by atoms with Crippen molar-refractivity contribution in [3.05, 3.63) is 41.5 Å². The molecular weight excluding hydrogens is 252 g/mol. The van der Waals surface area contributed by atoms with Crippen LogP contribution in [-0.4, -0.2) is 32.7 Å². The molecule has 4 heteroatoms. The van der Waals surface area contributed by atoms with Gasteiger partial charge in [0, 0.05) is 19.5 Å². The number of hydrogen-bond acceptors (Lipinski definition) is 3. The lowest BCUT2D eigenvalue weighted by Gasteiger charge is -2.14. The summed E-state index contributed by atoms with van der Waals surface area (Å²) in [5, 5.41) is 6.24. The monoisotopic (exact) mass is 274 g/mol. The van der Waals surface area contributed by atoms with Crippen molar-refractivity contribution in [2.45, 2.75) is 19.3 Å². The number of rotatable bonds is 6. The fraction of sp³-hybridized carbons (Fsp3) is 0.438. The van der Waals surface area contributed by atoms with Crippen LogP contribution < -0.4 is 15.4 Å². The van der Waals surface area contributed by atoms with Crippen molar-refractivity contribution in [2.75, 3.05) is 26.7 Å². The second-order valence-electron chi connectivity index (χ2n) is 4.94. The van der Waals surface area contributed by atoms with Crippen LogP contribution in [-0.2, 0) is 11.2 Å². The first-order valence-corrected chi connectivity index (χ1v) is 7.06. The second kappa shape index (κ2) is 7.70. The number of methoxy groups -OCH3 is 1. The standard InChI is InChI=1S/C16H22N2O2/c1-20-15-4-2-3-13(11-15)5-6-16(19)18-12-14-7-9-17-10-8-14/h2-4,7,11,17H,5-6,8-10,12H2,1H3,(H,18,19). The van der Waals surface area contributed by atoms with Crippen LogP contribution in [0, 0.1) is 0 Å². The Labute approximate surface area is 120 Å². The van der Waals surface area contributed by atoms with Crippen LogP contribution in [0.4, 0.5) is 0 Å². The van der Waals surface area contributed by atoms with Gasteiger partial charge in [0.2, 0.25) is 5.91 Å². The molecule has 0 aliphatic carbocycles. The van der Waals surface area contributed by atoms with Gasteiger partial charge in [-0.25, -0.2) is 0 Å². The molecule has 0 aromatic heterocycles. The van der Waals surface area contributed by atoms with E-state index in [-0.39, 0.29) is 5.91 Å². The molecule has 2 rings (SSSR count). The highest BCUT2D eigenvalue weighted by Gasteiger charge is 2.06. The molecule has 0 radical (unpaired) electrons. The van der Waals surface area contributed by atoms with Crippen molar-refractivity contribution < 1.29 is 9.53 Å². The zero-order valence-electron chi connectivity index (χ0n) is 11.9. The third kappa shape index (κ3) is 4.70. The molecule has 1 aliphatic rings. The molecule has 0 unspecified atom stereocenters. The number of aryl methyl sites for hydroxylation is 1. The van der Waals surface area contributed by atoms with Crippen molar-refractivity contribution in [3.63, 3.8) is 0 Å². The number of benzene rings is 1. The predicted octanol–water partition coefficient (Wildman–Crippen LogP) is 1.66. The topological polar surface area (TPSA) is 50.4 Å². The van der Waals surface area contributed by atoms with Gasteiger partial charge in [-0.15, -0.1) is 0 Å². The van der Waals surface area contributed by atoms with Crippen molar-refractivity contribution >= 4 is 5.91 Å². The number of hydrogen-bond donors (Lipinski definition) is 2. The fourth-order valence-electron chi connectivity index (χ4n) is 2.22. The van der Waals surface area contributed by atoms with Crippen LogP contribution in [0.3, 0.4) is 0 Å². The fourth-order valence-corrected chi connectivity index (χ4v) is 2.22. The Morgan fingerprint density at radius 3 is 3.10 bits per heavy atom. The van der Waals surface area contributed by atoms with Gasteiger partial charge >= 0.3 is 0 Å². The Morgan fingerprint density at radius 2 is 2.35 bits per heavy atom. The average Bonchev–Trinajstić information content (AvgIpc) is 2.52. The van der Waals surface area contributed by atoms with Crippen LogP contribution in [0.1, 0.15) is 18.4 Å². The van der Waals surface area contributed by atoms with Crippen LogP contribution in [0.5, 0.6) is 5.75 Å². The quantitative estimate of drug-likeness (QED) is 0.776. The van der Waals surface area contributed by atoms with Crippen molar-refractivity contribution in [2.24, 2.45) is 0 Å².